The summed E-state index contributed by atoms with van der Waals surface area (Å²) in [6, 6.07) is 10.6. The fourth-order valence-corrected chi connectivity index (χ4v) is 3.06. The van der Waals surface area contributed by atoms with Gasteiger partial charge < -0.3 is 18.9 Å². The van der Waals surface area contributed by atoms with Gasteiger partial charge in [-0.05, 0) is 60.7 Å². The highest BCUT2D eigenvalue weighted by Gasteiger charge is 2.15. The topological polar surface area (TPSA) is 71.1 Å². The minimum atomic E-state index is -0.593. The molecule has 0 spiro atoms. The standard InChI is InChI=1S/C21H22O6/c1-24-19-9-7-16(11-20(19)25-2)18(22)12-27-21(23)13-26-17-8-6-14-4-3-5-15(14)10-17/h6-11H,3-5,12-13H2,1-2H3. The Bertz CT molecular complexity index is 843. The van der Waals surface area contributed by atoms with Gasteiger partial charge in [-0.1, -0.05) is 6.07 Å². The zero-order chi connectivity index (χ0) is 19.2. The number of rotatable bonds is 8. The van der Waals surface area contributed by atoms with Gasteiger partial charge in [0.1, 0.15) is 5.75 Å². The highest BCUT2D eigenvalue weighted by Crippen LogP contribution is 2.28. The van der Waals surface area contributed by atoms with Crippen LogP contribution >= 0.6 is 0 Å². The Balaban J connectivity index is 1.49. The lowest BCUT2D eigenvalue weighted by atomic mass is 10.1. The smallest absolute Gasteiger partial charge is 0.344 e. The molecule has 1 aliphatic rings. The van der Waals surface area contributed by atoms with E-state index < -0.39 is 5.97 Å². The van der Waals surface area contributed by atoms with E-state index >= 15 is 0 Å². The number of ether oxygens (including phenoxy) is 4. The maximum atomic E-state index is 12.2. The molecule has 2 aromatic carbocycles. The first kappa shape index (κ1) is 18.8. The van der Waals surface area contributed by atoms with Crippen molar-refractivity contribution in [1.29, 1.82) is 0 Å². The highest BCUT2D eigenvalue weighted by atomic mass is 16.6. The lowest BCUT2D eigenvalue weighted by molar-refractivity contribution is -0.144. The Morgan fingerprint density at radius 1 is 0.889 bits per heavy atom. The van der Waals surface area contributed by atoms with Crippen molar-refractivity contribution < 1.29 is 28.5 Å². The Labute approximate surface area is 158 Å². The summed E-state index contributed by atoms with van der Waals surface area (Å²) in [6.45, 7) is -0.597. The Morgan fingerprint density at radius 3 is 2.44 bits per heavy atom. The van der Waals surface area contributed by atoms with Crippen molar-refractivity contribution in [3.05, 3.63) is 53.1 Å². The summed E-state index contributed by atoms with van der Waals surface area (Å²) in [5, 5.41) is 0. The molecule has 0 radical (unpaired) electrons. The van der Waals surface area contributed by atoms with Crippen molar-refractivity contribution in [1.82, 2.24) is 0 Å². The van der Waals surface area contributed by atoms with Gasteiger partial charge in [0, 0.05) is 5.56 Å². The Morgan fingerprint density at radius 2 is 1.67 bits per heavy atom. The third-order valence-corrected chi connectivity index (χ3v) is 4.50. The van der Waals surface area contributed by atoms with E-state index in [2.05, 4.69) is 0 Å². The second kappa shape index (κ2) is 8.58. The maximum absolute atomic E-state index is 12.2. The van der Waals surface area contributed by atoms with Crippen LogP contribution in [0.2, 0.25) is 0 Å². The third kappa shape index (κ3) is 4.58. The van der Waals surface area contributed by atoms with Gasteiger partial charge in [-0.25, -0.2) is 4.79 Å². The second-order valence-electron chi connectivity index (χ2n) is 6.23. The molecule has 0 bridgehead atoms. The van der Waals surface area contributed by atoms with Crippen molar-refractivity contribution in [3.8, 4) is 17.2 Å². The molecule has 3 rings (SSSR count). The number of carbonyl (C=O) groups excluding carboxylic acids is 2. The van der Waals surface area contributed by atoms with Crippen LogP contribution in [-0.4, -0.2) is 39.2 Å². The molecule has 142 valence electrons. The minimum Gasteiger partial charge on any atom is -0.493 e. The number of esters is 1. The summed E-state index contributed by atoms with van der Waals surface area (Å²) >= 11 is 0. The molecule has 0 aliphatic heterocycles. The summed E-state index contributed by atoms with van der Waals surface area (Å²) in [5.41, 5.74) is 2.98. The fourth-order valence-electron chi connectivity index (χ4n) is 3.06. The molecule has 0 saturated heterocycles. The molecule has 0 amide bonds. The average Bonchev–Trinajstić information content (AvgIpc) is 3.17. The van der Waals surface area contributed by atoms with E-state index in [1.807, 2.05) is 18.2 Å². The number of aryl methyl sites for hydroxylation is 2. The van der Waals surface area contributed by atoms with Gasteiger partial charge in [0.05, 0.1) is 14.2 Å². The maximum Gasteiger partial charge on any atom is 0.344 e. The molecule has 0 unspecified atom stereocenters. The van der Waals surface area contributed by atoms with Crippen LogP contribution in [-0.2, 0) is 22.4 Å². The number of hydrogen-bond acceptors (Lipinski definition) is 6. The van der Waals surface area contributed by atoms with Crippen molar-refractivity contribution in [3.63, 3.8) is 0 Å². The highest BCUT2D eigenvalue weighted by molar-refractivity contribution is 5.98. The monoisotopic (exact) mass is 370 g/mol. The summed E-state index contributed by atoms with van der Waals surface area (Å²) in [4.78, 5) is 24.1. The molecule has 0 atom stereocenters. The number of hydrogen-bond donors (Lipinski definition) is 0. The van der Waals surface area contributed by atoms with Crippen LogP contribution in [0.1, 0.15) is 27.9 Å². The molecule has 0 N–H and O–H groups in total. The first-order valence-electron chi connectivity index (χ1n) is 8.76. The van der Waals surface area contributed by atoms with Gasteiger partial charge >= 0.3 is 5.97 Å². The Hall–Kier alpha value is -3.02. The number of ketones is 1. The second-order valence-corrected chi connectivity index (χ2v) is 6.23. The first-order valence-corrected chi connectivity index (χ1v) is 8.76. The van der Waals surface area contributed by atoms with E-state index in [1.54, 1.807) is 18.2 Å². The van der Waals surface area contributed by atoms with Crippen molar-refractivity contribution in [2.45, 2.75) is 19.3 Å². The molecule has 2 aromatic rings. The number of methoxy groups -OCH3 is 2. The largest absolute Gasteiger partial charge is 0.493 e. The first-order chi connectivity index (χ1) is 13.1. The van der Waals surface area contributed by atoms with Gasteiger partial charge in [0.25, 0.3) is 0 Å². The molecule has 6 nitrogen and oxygen atoms in total. The van der Waals surface area contributed by atoms with Crippen LogP contribution in [0.25, 0.3) is 0 Å². The van der Waals surface area contributed by atoms with Crippen molar-refractivity contribution in [2.75, 3.05) is 27.4 Å². The molecule has 0 fully saturated rings. The van der Waals surface area contributed by atoms with Crippen LogP contribution in [0, 0.1) is 0 Å². The van der Waals surface area contributed by atoms with E-state index in [-0.39, 0.29) is 19.0 Å². The van der Waals surface area contributed by atoms with Crippen LogP contribution in [0.15, 0.2) is 36.4 Å². The quantitative estimate of drug-likeness (QED) is 0.525. The number of Topliss-reactive ketones (excluding diaryl/α,β-unsaturated/α-hetero) is 1. The molecular weight excluding hydrogens is 348 g/mol. The summed E-state index contributed by atoms with van der Waals surface area (Å²) in [7, 11) is 3.00. The number of benzene rings is 2. The van der Waals surface area contributed by atoms with E-state index in [0.717, 1.165) is 19.3 Å². The number of carbonyl (C=O) groups is 2. The average molecular weight is 370 g/mol. The normalized spacial score (nSPS) is 12.2. The van der Waals surface area contributed by atoms with E-state index in [0.29, 0.717) is 22.8 Å². The van der Waals surface area contributed by atoms with Crippen molar-refractivity contribution >= 4 is 11.8 Å². The predicted molar refractivity (Wildman–Crippen MR) is 98.8 cm³/mol. The van der Waals surface area contributed by atoms with Crippen LogP contribution in [0.4, 0.5) is 0 Å². The SMILES string of the molecule is COc1ccc(C(=O)COC(=O)COc2ccc3c(c2)CCC3)cc1OC. The third-order valence-electron chi connectivity index (χ3n) is 4.50. The summed E-state index contributed by atoms with van der Waals surface area (Å²) < 4.78 is 20.8. The Kier molecular flexibility index (Phi) is 5.96. The molecule has 0 aromatic heterocycles. The molecule has 0 heterocycles. The summed E-state index contributed by atoms with van der Waals surface area (Å²) in [6.07, 6.45) is 3.28. The molecule has 6 heteroatoms. The van der Waals surface area contributed by atoms with Crippen LogP contribution < -0.4 is 14.2 Å². The molecule has 0 saturated carbocycles. The van der Waals surface area contributed by atoms with Gasteiger partial charge in [0.15, 0.2) is 30.5 Å². The van der Waals surface area contributed by atoms with Crippen molar-refractivity contribution in [2.24, 2.45) is 0 Å². The van der Waals surface area contributed by atoms with E-state index in [9.17, 15) is 9.59 Å². The van der Waals surface area contributed by atoms with Gasteiger partial charge in [-0.2, -0.15) is 0 Å². The van der Waals surface area contributed by atoms with E-state index in [4.69, 9.17) is 18.9 Å². The zero-order valence-corrected chi connectivity index (χ0v) is 15.4. The molecular formula is C21H22O6. The zero-order valence-electron chi connectivity index (χ0n) is 15.4. The minimum absolute atomic E-state index is 0.238. The predicted octanol–water partition coefficient (Wildman–Crippen LogP) is 3.00. The fraction of sp³-hybridized carbons (Fsp3) is 0.333. The lowest BCUT2D eigenvalue weighted by Gasteiger charge is -2.10. The molecule has 27 heavy (non-hydrogen) atoms. The van der Waals surface area contributed by atoms with Crippen LogP contribution in [0.3, 0.4) is 0 Å². The van der Waals surface area contributed by atoms with Gasteiger partial charge in [0.2, 0.25) is 0 Å². The van der Waals surface area contributed by atoms with Crippen LogP contribution in [0.5, 0.6) is 17.2 Å². The lowest BCUT2D eigenvalue weighted by Crippen LogP contribution is -2.19. The van der Waals surface area contributed by atoms with Gasteiger partial charge in [-0.3, -0.25) is 4.79 Å². The summed E-state index contributed by atoms with van der Waals surface area (Å²) in [5.74, 6) is 0.674. The molecule has 1 aliphatic carbocycles. The number of fused-ring (bicyclic) bond motifs is 1. The van der Waals surface area contributed by atoms with Gasteiger partial charge in [-0.15, -0.1) is 0 Å². The van der Waals surface area contributed by atoms with E-state index in [1.165, 1.54) is 25.3 Å².